The number of rotatable bonds is 7. The third-order valence-corrected chi connectivity index (χ3v) is 5.49. The number of hydrogen-bond acceptors (Lipinski definition) is 8. The fraction of sp³-hybridized carbons (Fsp3) is 0.0625. The maximum absolute atomic E-state index is 12.3. The summed E-state index contributed by atoms with van der Waals surface area (Å²) in [5.74, 6) is -1.28. The molecule has 12 heteroatoms. The van der Waals surface area contributed by atoms with Gasteiger partial charge in [0.1, 0.15) is 0 Å². The van der Waals surface area contributed by atoms with Crippen molar-refractivity contribution in [3.05, 3.63) is 59.7 Å². The second kappa shape index (κ2) is 7.88. The molecule has 0 amide bonds. The Balaban J connectivity index is 1.71. The fourth-order valence-electron chi connectivity index (χ4n) is 2.22. The van der Waals surface area contributed by atoms with Gasteiger partial charge in [-0.25, -0.2) is 18.4 Å². The van der Waals surface area contributed by atoms with Gasteiger partial charge in [-0.15, -0.1) is 5.10 Å². The highest BCUT2D eigenvalue weighted by molar-refractivity contribution is 7.99. The van der Waals surface area contributed by atoms with E-state index >= 15 is 0 Å². The molecular weight excluding hydrogens is 406 g/mol. The number of primary sulfonamides is 1. The zero-order chi connectivity index (χ0) is 20.3. The first-order valence-electron chi connectivity index (χ1n) is 7.66. The first kappa shape index (κ1) is 19.7. The Morgan fingerprint density at radius 1 is 1.04 bits per heavy atom. The zero-order valence-electron chi connectivity index (χ0n) is 14.1. The standard InChI is InChI=1S/C16H13N5O5S2/c17-28(25,26)13-7-3-10(4-8-13)14(22)9-27-16-18-19-20-21(16)12-5-1-11(2-6-12)15(23)24/h1-8H,9H2,(H,23,24)(H2,17,25,26). The average Bonchev–Trinajstić information content (AvgIpc) is 3.14. The van der Waals surface area contributed by atoms with Gasteiger partial charge in [-0.2, -0.15) is 4.68 Å². The van der Waals surface area contributed by atoms with Crippen LogP contribution < -0.4 is 5.14 Å². The molecule has 3 N–H and O–H groups in total. The van der Waals surface area contributed by atoms with Gasteiger partial charge in [0.15, 0.2) is 5.78 Å². The smallest absolute Gasteiger partial charge is 0.335 e. The number of carboxylic acids is 1. The molecule has 0 aliphatic rings. The number of Topliss-reactive ketones (excluding diaryl/α,β-unsaturated/α-hetero) is 1. The number of carboxylic acid groups (broad SMARTS) is 1. The lowest BCUT2D eigenvalue weighted by molar-refractivity contribution is 0.0696. The van der Waals surface area contributed by atoms with E-state index < -0.39 is 16.0 Å². The van der Waals surface area contributed by atoms with Gasteiger partial charge in [0.25, 0.3) is 0 Å². The highest BCUT2D eigenvalue weighted by Crippen LogP contribution is 2.20. The van der Waals surface area contributed by atoms with Gasteiger partial charge in [-0.1, -0.05) is 23.9 Å². The van der Waals surface area contributed by atoms with Crippen LogP contribution in [-0.4, -0.2) is 51.2 Å². The van der Waals surface area contributed by atoms with Crippen LogP contribution in [0.2, 0.25) is 0 Å². The van der Waals surface area contributed by atoms with Crippen LogP contribution in [0.1, 0.15) is 20.7 Å². The molecule has 0 atom stereocenters. The minimum atomic E-state index is -3.82. The SMILES string of the molecule is NS(=O)(=O)c1ccc(C(=O)CSc2nnnn2-c2ccc(C(=O)O)cc2)cc1. The summed E-state index contributed by atoms with van der Waals surface area (Å²) in [5, 5.41) is 25.6. The monoisotopic (exact) mass is 419 g/mol. The summed E-state index contributed by atoms with van der Waals surface area (Å²) in [7, 11) is -3.82. The van der Waals surface area contributed by atoms with Crippen molar-refractivity contribution in [2.24, 2.45) is 5.14 Å². The molecule has 0 saturated heterocycles. The number of ketones is 1. The number of carbonyl (C=O) groups excluding carboxylic acids is 1. The predicted molar refractivity (Wildman–Crippen MR) is 99.0 cm³/mol. The Morgan fingerprint density at radius 2 is 1.64 bits per heavy atom. The van der Waals surface area contributed by atoms with E-state index in [2.05, 4.69) is 15.5 Å². The molecule has 0 fully saturated rings. The number of nitrogens with zero attached hydrogens (tertiary/aromatic N) is 4. The number of sulfonamides is 1. The Kier molecular flexibility index (Phi) is 5.53. The third kappa shape index (κ3) is 4.42. The molecule has 144 valence electrons. The van der Waals surface area contributed by atoms with E-state index in [1.54, 1.807) is 12.1 Å². The summed E-state index contributed by atoms with van der Waals surface area (Å²) in [5.41, 5.74) is 0.997. The highest BCUT2D eigenvalue weighted by atomic mass is 32.2. The first-order chi connectivity index (χ1) is 13.3. The largest absolute Gasteiger partial charge is 0.478 e. The number of aromatic nitrogens is 4. The van der Waals surface area contributed by atoms with Gasteiger partial charge < -0.3 is 5.11 Å². The molecular formula is C16H13N5O5S2. The lowest BCUT2D eigenvalue weighted by atomic mass is 10.1. The summed E-state index contributed by atoms with van der Waals surface area (Å²) in [4.78, 5) is 23.2. The van der Waals surface area contributed by atoms with Crippen LogP contribution in [0.3, 0.4) is 0 Å². The maximum Gasteiger partial charge on any atom is 0.335 e. The van der Waals surface area contributed by atoms with Gasteiger partial charge in [0.05, 0.1) is 21.9 Å². The summed E-state index contributed by atoms with van der Waals surface area (Å²) in [6.07, 6.45) is 0. The van der Waals surface area contributed by atoms with Crippen LogP contribution in [0.4, 0.5) is 0 Å². The van der Waals surface area contributed by atoms with Crippen molar-refractivity contribution in [2.75, 3.05) is 5.75 Å². The van der Waals surface area contributed by atoms with Crippen molar-refractivity contribution in [1.29, 1.82) is 0 Å². The van der Waals surface area contributed by atoms with Gasteiger partial charge in [-0.05, 0) is 46.8 Å². The lowest BCUT2D eigenvalue weighted by Crippen LogP contribution is -2.12. The molecule has 0 spiro atoms. The van der Waals surface area contributed by atoms with Crippen molar-refractivity contribution in [3.63, 3.8) is 0 Å². The Morgan fingerprint density at radius 3 is 2.21 bits per heavy atom. The van der Waals surface area contributed by atoms with Crippen LogP contribution in [0.5, 0.6) is 0 Å². The van der Waals surface area contributed by atoms with Crippen LogP contribution >= 0.6 is 11.8 Å². The molecule has 1 heterocycles. The molecule has 3 rings (SSSR count). The molecule has 0 unspecified atom stereocenters. The van der Waals surface area contributed by atoms with Gasteiger partial charge in [0.2, 0.25) is 15.2 Å². The minimum absolute atomic E-state index is 0.0162. The summed E-state index contributed by atoms with van der Waals surface area (Å²) < 4.78 is 23.9. The van der Waals surface area contributed by atoms with Crippen molar-refractivity contribution in [1.82, 2.24) is 20.2 Å². The molecule has 3 aromatic rings. The van der Waals surface area contributed by atoms with E-state index in [1.807, 2.05) is 0 Å². The van der Waals surface area contributed by atoms with Gasteiger partial charge in [0, 0.05) is 5.56 Å². The topological polar surface area (TPSA) is 158 Å². The van der Waals surface area contributed by atoms with E-state index in [-0.39, 0.29) is 22.0 Å². The lowest BCUT2D eigenvalue weighted by Gasteiger charge is -2.05. The van der Waals surface area contributed by atoms with E-state index in [0.29, 0.717) is 16.4 Å². The van der Waals surface area contributed by atoms with Crippen LogP contribution in [-0.2, 0) is 10.0 Å². The van der Waals surface area contributed by atoms with Gasteiger partial charge >= 0.3 is 5.97 Å². The van der Waals surface area contributed by atoms with Gasteiger partial charge in [-0.3, -0.25) is 4.79 Å². The van der Waals surface area contributed by atoms with Crippen molar-refractivity contribution in [3.8, 4) is 5.69 Å². The molecule has 0 aliphatic heterocycles. The molecule has 2 aromatic carbocycles. The summed E-state index contributed by atoms with van der Waals surface area (Å²) >= 11 is 1.09. The van der Waals surface area contributed by atoms with E-state index in [1.165, 1.54) is 41.1 Å². The number of aromatic carboxylic acids is 1. The Bertz CT molecular complexity index is 1120. The minimum Gasteiger partial charge on any atom is -0.478 e. The molecule has 0 saturated carbocycles. The molecule has 28 heavy (non-hydrogen) atoms. The fourth-order valence-corrected chi connectivity index (χ4v) is 3.52. The number of benzene rings is 2. The number of carbonyl (C=O) groups is 2. The van der Waals surface area contributed by atoms with Crippen molar-refractivity contribution in [2.45, 2.75) is 10.1 Å². The molecule has 0 bridgehead atoms. The first-order valence-corrected chi connectivity index (χ1v) is 10.2. The number of tetrazole rings is 1. The summed E-state index contributed by atoms with van der Waals surface area (Å²) in [6, 6.07) is 11.3. The van der Waals surface area contributed by atoms with E-state index in [9.17, 15) is 18.0 Å². The highest BCUT2D eigenvalue weighted by Gasteiger charge is 2.14. The number of nitrogens with two attached hydrogens (primary N) is 1. The third-order valence-electron chi connectivity index (χ3n) is 3.64. The van der Waals surface area contributed by atoms with Crippen LogP contribution in [0, 0.1) is 0 Å². The normalized spacial score (nSPS) is 11.3. The quantitative estimate of drug-likeness (QED) is 0.420. The van der Waals surface area contributed by atoms with E-state index in [4.69, 9.17) is 10.2 Å². The number of thioether (sulfide) groups is 1. The Labute approximate surface area is 163 Å². The number of hydrogen-bond donors (Lipinski definition) is 2. The van der Waals surface area contributed by atoms with Crippen LogP contribution in [0.25, 0.3) is 5.69 Å². The second-order valence-electron chi connectivity index (χ2n) is 5.51. The Hall–Kier alpha value is -3.09. The second-order valence-corrected chi connectivity index (χ2v) is 8.01. The molecule has 0 radical (unpaired) electrons. The molecule has 0 aliphatic carbocycles. The average molecular weight is 419 g/mol. The van der Waals surface area contributed by atoms with Crippen molar-refractivity contribution < 1.29 is 23.1 Å². The van der Waals surface area contributed by atoms with Crippen LogP contribution in [0.15, 0.2) is 58.6 Å². The van der Waals surface area contributed by atoms with Crippen molar-refractivity contribution >= 4 is 33.5 Å². The maximum atomic E-state index is 12.3. The molecule has 1 aromatic heterocycles. The summed E-state index contributed by atoms with van der Waals surface area (Å²) in [6.45, 7) is 0. The molecule has 10 nitrogen and oxygen atoms in total. The zero-order valence-corrected chi connectivity index (χ0v) is 15.7. The predicted octanol–water partition coefficient (Wildman–Crippen LogP) is 0.983. The van der Waals surface area contributed by atoms with E-state index in [0.717, 1.165) is 11.8 Å².